The number of nitrogens with one attached hydrogen (secondary N) is 1. The second kappa shape index (κ2) is 11.6. The molecule has 1 aromatic carbocycles. The van der Waals surface area contributed by atoms with E-state index in [0.29, 0.717) is 30.4 Å². The van der Waals surface area contributed by atoms with Crippen LogP contribution >= 0.6 is 11.3 Å². The van der Waals surface area contributed by atoms with Gasteiger partial charge in [-0.25, -0.2) is 4.98 Å². The van der Waals surface area contributed by atoms with Crippen LogP contribution in [0.25, 0.3) is 27.8 Å². The van der Waals surface area contributed by atoms with Crippen molar-refractivity contribution in [1.82, 2.24) is 15.3 Å². The second-order valence-corrected chi connectivity index (χ2v) is 12.1. The SMILES string of the molecule is O=C(NC1CC1)c1cc2c(s1)-c1ccccc1N(C(=O)c1cccc(-c3ccc(/C=C4/CCCOCC4)nc3)n1)CC2. The van der Waals surface area contributed by atoms with Gasteiger partial charge in [-0.3, -0.25) is 14.6 Å². The summed E-state index contributed by atoms with van der Waals surface area (Å²) in [6, 6.07) is 19.8. The van der Waals surface area contributed by atoms with Crippen LogP contribution in [-0.4, -0.2) is 47.6 Å². The van der Waals surface area contributed by atoms with E-state index in [2.05, 4.69) is 16.4 Å². The van der Waals surface area contributed by atoms with E-state index < -0.39 is 0 Å². The first-order valence-electron chi connectivity index (χ1n) is 14.7. The number of para-hydroxylation sites is 1. The maximum Gasteiger partial charge on any atom is 0.276 e. The maximum absolute atomic E-state index is 13.9. The Kier molecular flexibility index (Phi) is 7.40. The molecule has 42 heavy (non-hydrogen) atoms. The minimum atomic E-state index is -0.143. The highest BCUT2D eigenvalue weighted by Crippen LogP contribution is 2.42. The van der Waals surface area contributed by atoms with Crippen molar-refractivity contribution in [3.05, 3.63) is 94.3 Å². The molecule has 0 bridgehead atoms. The molecule has 7 nitrogen and oxygen atoms in total. The predicted molar refractivity (Wildman–Crippen MR) is 166 cm³/mol. The second-order valence-electron chi connectivity index (χ2n) is 11.1. The Morgan fingerprint density at radius 3 is 2.76 bits per heavy atom. The lowest BCUT2D eigenvalue weighted by Crippen LogP contribution is -2.33. The quantitative estimate of drug-likeness (QED) is 0.291. The molecule has 0 atom stereocenters. The lowest BCUT2D eigenvalue weighted by atomic mass is 10.1. The van der Waals surface area contributed by atoms with Gasteiger partial charge in [0, 0.05) is 41.4 Å². The molecule has 1 N–H and O–H groups in total. The van der Waals surface area contributed by atoms with E-state index in [4.69, 9.17) is 9.72 Å². The third-order valence-corrected chi connectivity index (χ3v) is 9.20. The summed E-state index contributed by atoms with van der Waals surface area (Å²) in [5.74, 6) is -0.142. The van der Waals surface area contributed by atoms with Gasteiger partial charge < -0.3 is 15.0 Å². The van der Waals surface area contributed by atoms with E-state index in [0.717, 1.165) is 83.1 Å². The number of hydrogen-bond donors (Lipinski definition) is 1. The van der Waals surface area contributed by atoms with Gasteiger partial charge in [0.2, 0.25) is 0 Å². The number of nitrogens with zero attached hydrogens (tertiary/aromatic N) is 3. The molecule has 1 saturated heterocycles. The van der Waals surface area contributed by atoms with Gasteiger partial charge in [-0.1, -0.05) is 29.8 Å². The molecule has 8 heteroatoms. The minimum Gasteiger partial charge on any atom is -0.381 e. The van der Waals surface area contributed by atoms with Crippen LogP contribution in [0.2, 0.25) is 0 Å². The molecule has 3 aromatic heterocycles. The summed E-state index contributed by atoms with van der Waals surface area (Å²) in [6.07, 6.45) is 9.79. The highest BCUT2D eigenvalue weighted by atomic mass is 32.1. The number of benzene rings is 1. The third-order valence-electron chi connectivity index (χ3n) is 7.99. The Labute approximate surface area is 249 Å². The molecular formula is C34H32N4O3S. The largest absolute Gasteiger partial charge is 0.381 e. The first-order chi connectivity index (χ1) is 20.6. The van der Waals surface area contributed by atoms with Gasteiger partial charge in [-0.15, -0.1) is 11.3 Å². The molecule has 2 fully saturated rings. The van der Waals surface area contributed by atoms with Crippen molar-refractivity contribution in [2.24, 2.45) is 0 Å². The van der Waals surface area contributed by atoms with Crippen LogP contribution in [-0.2, 0) is 11.2 Å². The van der Waals surface area contributed by atoms with Crippen molar-refractivity contribution in [1.29, 1.82) is 0 Å². The van der Waals surface area contributed by atoms with Gasteiger partial charge in [0.15, 0.2) is 0 Å². The molecule has 0 spiro atoms. The van der Waals surface area contributed by atoms with Gasteiger partial charge in [-0.05, 0) is 86.6 Å². The Morgan fingerprint density at radius 1 is 1.00 bits per heavy atom. The van der Waals surface area contributed by atoms with Crippen LogP contribution in [0.5, 0.6) is 0 Å². The van der Waals surface area contributed by atoms with Crippen molar-refractivity contribution in [2.45, 2.75) is 44.6 Å². The number of rotatable bonds is 5. The van der Waals surface area contributed by atoms with E-state index in [1.54, 1.807) is 6.07 Å². The third kappa shape index (κ3) is 5.65. The molecule has 4 aromatic rings. The van der Waals surface area contributed by atoms with Crippen molar-refractivity contribution >= 4 is 34.9 Å². The Hall–Kier alpha value is -4.14. The van der Waals surface area contributed by atoms with E-state index in [1.807, 2.05) is 65.7 Å². The first kappa shape index (κ1) is 26.7. The Morgan fingerprint density at radius 2 is 1.90 bits per heavy atom. The van der Waals surface area contributed by atoms with Crippen LogP contribution in [0.15, 0.2) is 72.4 Å². The van der Waals surface area contributed by atoms with Crippen molar-refractivity contribution < 1.29 is 14.3 Å². The fourth-order valence-corrected chi connectivity index (χ4v) is 6.73. The highest BCUT2D eigenvalue weighted by molar-refractivity contribution is 7.17. The number of ether oxygens (including phenoxy) is 1. The van der Waals surface area contributed by atoms with Gasteiger partial charge in [-0.2, -0.15) is 0 Å². The van der Waals surface area contributed by atoms with Gasteiger partial charge in [0.25, 0.3) is 11.8 Å². The van der Waals surface area contributed by atoms with E-state index in [1.165, 1.54) is 16.9 Å². The van der Waals surface area contributed by atoms with Crippen LogP contribution in [0.1, 0.15) is 63.5 Å². The smallest absolute Gasteiger partial charge is 0.276 e. The molecular weight excluding hydrogens is 544 g/mol. The fourth-order valence-electron chi connectivity index (χ4n) is 5.58. The predicted octanol–water partition coefficient (Wildman–Crippen LogP) is 6.55. The molecule has 2 amide bonds. The molecule has 212 valence electrons. The van der Waals surface area contributed by atoms with Crippen molar-refractivity contribution in [3.63, 3.8) is 0 Å². The average Bonchev–Trinajstić information content (AvgIpc) is 3.81. The van der Waals surface area contributed by atoms with Gasteiger partial charge >= 0.3 is 0 Å². The molecule has 1 aliphatic carbocycles. The highest BCUT2D eigenvalue weighted by Gasteiger charge is 2.29. The standard InChI is InChI=1S/C34H32N4O3S/c39-33(36-25-12-13-25)31-20-23-14-16-38(30-9-2-1-6-27(30)32(23)42-31)34(40)29-8-3-7-28(37-29)24-10-11-26(35-21-24)19-22-5-4-17-41-18-15-22/h1-3,6-11,19-21,25H,4-5,12-18H2,(H,36,39)/b22-19-. The number of pyridine rings is 2. The van der Waals surface area contributed by atoms with Crippen LogP contribution in [0, 0.1) is 0 Å². The lowest BCUT2D eigenvalue weighted by molar-refractivity contribution is 0.0952. The monoisotopic (exact) mass is 576 g/mol. The molecule has 3 aliphatic rings. The number of thiophene rings is 1. The number of carbonyl (C=O) groups is 2. The molecule has 0 radical (unpaired) electrons. The number of hydrogen-bond acceptors (Lipinski definition) is 6. The number of aromatic nitrogens is 2. The Balaban J connectivity index is 1.13. The molecule has 2 aliphatic heterocycles. The van der Waals surface area contributed by atoms with Crippen molar-refractivity contribution in [2.75, 3.05) is 24.7 Å². The van der Waals surface area contributed by atoms with Gasteiger partial charge in [0.05, 0.1) is 28.6 Å². The summed E-state index contributed by atoms with van der Waals surface area (Å²) in [5.41, 5.74) is 7.17. The van der Waals surface area contributed by atoms with Crippen LogP contribution < -0.4 is 10.2 Å². The van der Waals surface area contributed by atoms with Crippen molar-refractivity contribution in [3.8, 4) is 21.7 Å². The number of amides is 2. The number of fused-ring (bicyclic) bond motifs is 3. The Bertz CT molecular complexity index is 1660. The summed E-state index contributed by atoms with van der Waals surface area (Å²) in [4.78, 5) is 39.7. The summed E-state index contributed by atoms with van der Waals surface area (Å²) < 4.78 is 5.56. The summed E-state index contributed by atoms with van der Waals surface area (Å²) in [5, 5.41) is 3.10. The zero-order valence-corrected chi connectivity index (χ0v) is 24.2. The first-order valence-corrected chi connectivity index (χ1v) is 15.5. The van der Waals surface area contributed by atoms with Gasteiger partial charge in [0.1, 0.15) is 5.69 Å². The van der Waals surface area contributed by atoms with E-state index in [9.17, 15) is 9.59 Å². The molecule has 5 heterocycles. The van der Waals surface area contributed by atoms with E-state index in [-0.39, 0.29) is 11.8 Å². The minimum absolute atomic E-state index is 0.000191. The van der Waals surface area contributed by atoms with Crippen LogP contribution in [0.4, 0.5) is 5.69 Å². The molecule has 7 rings (SSSR count). The molecule has 1 saturated carbocycles. The summed E-state index contributed by atoms with van der Waals surface area (Å²) >= 11 is 1.51. The van der Waals surface area contributed by atoms with E-state index >= 15 is 0 Å². The normalized spacial score (nSPS) is 17.6. The average molecular weight is 577 g/mol. The topological polar surface area (TPSA) is 84.4 Å². The zero-order valence-electron chi connectivity index (χ0n) is 23.3. The summed E-state index contributed by atoms with van der Waals surface area (Å²) in [6.45, 7) is 2.09. The van der Waals surface area contributed by atoms with Crippen LogP contribution in [0.3, 0.4) is 0 Å². The number of carbonyl (C=O) groups excluding carboxylic acids is 2. The fraction of sp³-hybridized carbons (Fsp3) is 0.294. The molecule has 0 unspecified atom stereocenters. The number of anilines is 1. The zero-order chi connectivity index (χ0) is 28.5. The summed E-state index contributed by atoms with van der Waals surface area (Å²) in [7, 11) is 0. The lowest BCUT2D eigenvalue weighted by Gasteiger charge is -2.23. The maximum atomic E-state index is 13.9.